The minimum Gasteiger partial charge on any atom is -0.294 e. The number of ketones is 1. The van der Waals surface area contributed by atoms with Crippen molar-refractivity contribution in [1.82, 2.24) is 0 Å². The van der Waals surface area contributed by atoms with Gasteiger partial charge in [-0.15, -0.1) is 0 Å². The molecule has 2 aromatic rings. The first-order valence-electron chi connectivity index (χ1n) is 6.02. The molecule has 98 valence electrons. The Bertz CT molecular complexity index is 635. The minimum atomic E-state index is 0.0672. The Morgan fingerprint density at radius 2 is 1.84 bits per heavy atom. The van der Waals surface area contributed by atoms with Gasteiger partial charge in [0.05, 0.1) is 0 Å². The van der Waals surface area contributed by atoms with Gasteiger partial charge in [-0.1, -0.05) is 45.7 Å². The summed E-state index contributed by atoms with van der Waals surface area (Å²) in [6.45, 7) is 4.12. The summed E-state index contributed by atoms with van der Waals surface area (Å²) in [4.78, 5) is 12.3. The number of Topliss-reactive ketones (excluding diaryl/α,β-unsaturated/α-hetero) is 1. The van der Waals surface area contributed by atoms with Crippen molar-refractivity contribution in [3.05, 3.63) is 68.1 Å². The van der Waals surface area contributed by atoms with E-state index in [4.69, 9.17) is 11.6 Å². The zero-order valence-corrected chi connectivity index (χ0v) is 13.2. The molecule has 1 nitrogen and oxygen atoms in total. The van der Waals surface area contributed by atoms with Crippen LogP contribution in [0, 0.1) is 13.8 Å². The monoisotopic (exact) mass is 336 g/mol. The van der Waals surface area contributed by atoms with Crippen LogP contribution >= 0.6 is 27.5 Å². The summed E-state index contributed by atoms with van der Waals surface area (Å²) >= 11 is 9.33. The molecule has 0 spiro atoms. The van der Waals surface area contributed by atoms with Crippen LogP contribution < -0.4 is 0 Å². The molecule has 0 bridgehead atoms. The van der Waals surface area contributed by atoms with Crippen molar-refractivity contribution in [3.63, 3.8) is 0 Å². The number of rotatable bonds is 3. The largest absolute Gasteiger partial charge is 0.294 e. The molecule has 0 saturated heterocycles. The molecule has 0 N–H and O–H groups in total. The number of hydrogen-bond donors (Lipinski definition) is 0. The van der Waals surface area contributed by atoms with Gasteiger partial charge in [0.25, 0.3) is 0 Å². The summed E-state index contributed by atoms with van der Waals surface area (Å²) in [5.41, 5.74) is 4.10. The van der Waals surface area contributed by atoms with E-state index in [9.17, 15) is 4.79 Å². The Hall–Kier alpha value is -1.12. The molecule has 3 heteroatoms. The van der Waals surface area contributed by atoms with Crippen molar-refractivity contribution in [2.24, 2.45) is 0 Å². The first-order valence-corrected chi connectivity index (χ1v) is 7.19. The number of hydrogen-bond acceptors (Lipinski definition) is 1. The topological polar surface area (TPSA) is 17.1 Å². The second kappa shape index (κ2) is 5.89. The molecule has 2 rings (SSSR count). The van der Waals surface area contributed by atoms with Crippen LogP contribution in [0.5, 0.6) is 0 Å². The lowest BCUT2D eigenvalue weighted by Gasteiger charge is -2.07. The van der Waals surface area contributed by atoms with Gasteiger partial charge in [0, 0.05) is 21.5 Å². The molecule has 0 heterocycles. The van der Waals surface area contributed by atoms with Crippen LogP contribution in [-0.2, 0) is 6.42 Å². The number of halogens is 2. The van der Waals surface area contributed by atoms with Gasteiger partial charge in [-0.2, -0.15) is 0 Å². The summed E-state index contributed by atoms with van der Waals surface area (Å²) in [6.07, 6.45) is 0.389. The van der Waals surface area contributed by atoms with E-state index in [1.165, 1.54) is 11.1 Å². The van der Waals surface area contributed by atoms with Gasteiger partial charge in [0.2, 0.25) is 0 Å². The predicted octanol–water partition coefficient (Wildman–Crippen LogP) is 5.14. The third-order valence-corrected chi connectivity index (χ3v) is 4.09. The lowest BCUT2D eigenvalue weighted by Crippen LogP contribution is -2.05. The van der Waals surface area contributed by atoms with Crippen molar-refractivity contribution in [3.8, 4) is 0 Å². The molecule has 0 saturated carbocycles. The van der Waals surface area contributed by atoms with Gasteiger partial charge in [0.1, 0.15) is 0 Å². The van der Waals surface area contributed by atoms with Gasteiger partial charge >= 0.3 is 0 Å². The second-order valence-electron chi connectivity index (χ2n) is 4.64. The fraction of sp³-hybridized carbons (Fsp3) is 0.188. The number of carbonyl (C=O) groups is 1. The molecule has 2 aromatic carbocycles. The average molecular weight is 338 g/mol. The maximum atomic E-state index is 12.3. The molecule has 0 aromatic heterocycles. The SMILES string of the molecule is Cc1ccc(CC(=O)c2cc(Cl)ccc2Br)cc1C. The Morgan fingerprint density at radius 3 is 2.53 bits per heavy atom. The molecule has 0 aliphatic carbocycles. The summed E-state index contributed by atoms with van der Waals surface area (Å²) in [7, 11) is 0. The van der Waals surface area contributed by atoms with Crippen LogP contribution in [0.2, 0.25) is 5.02 Å². The van der Waals surface area contributed by atoms with E-state index >= 15 is 0 Å². The van der Waals surface area contributed by atoms with Gasteiger partial charge in [0.15, 0.2) is 5.78 Å². The molecule has 0 amide bonds. The fourth-order valence-electron chi connectivity index (χ4n) is 1.91. The molecule has 19 heavy (non-hydrogen) atoms. The second-order valence-corrected chi connectivity index (χ2v) is 5.93. The van der Waals surface area contributed by atoms with Crippen LogP contribution in [0.3, 0.4) is 0 Å². The van der Waals surface area contributed by atoms with Crippen molar-refractivity contribution in [2.75, 3.05) is 0 Å². The normalized spacial score (nSPS) is 10.5. The molecular formula is C16H14BrClO. The Labute approximate surface area is 126 Å². The predicted molar refractivity (Wildman–Crippen MR) is 83.1 cm³/mol. The van der Waals surface area contributed by atoms with Crippen LogP contribution in [0.4, 0.5) is 0 Å². The smallest absolute Gasteiger partial charge is 0.168 e. The van der Waals surface area contributed by atoms with Crippen molar-refractivity contribution in [2.45, 2.75) is 20.3 Å². The average Bonchev–Trinajstić information content (AvgIpc) is 2.36. The molecule has 0 radical (unpaired) electrons. The Morgan fingerprint density at radius 1 is 1.11 bits per heavy atom. The first kappa shape index (κ1) is 14.3. The summed E-state index contributed by atoms with van der Waals surface area (Å²) in [5.74, 6) is 0.0672. The van der Waals surface area contributed by atoms with Gasteiger partial charge in [-0.25, -0.2) is 0 Å². The van der Waals surface area contributed by atoms with E-state index in [2.05, 4.69) is 35.8 Å². The summed E-state index contributed by atoms with van der Waals surface area (Å²) < 4.78 is 0.783. The van der Waals surface area contributed by atoms with Gasteiger partial charge in [-0.05, 0) is 48.7 Å². The highest BCUT2D eigenvalue weighted by atomic mass is 79.9. The molecular weight excluding hydrogens is 324 g/mol. The molecule has 0 fully saturated rings. The van der Waals surface area contributed by atoms with E-state index in [0.717, 1.165) is 10.0 Å². The molecule has 0 aliphatic rings. The lowest BCUT2D eigenvalue weighted by atomic mass is 9.99. The Balaban J connectivity index is 2.25. The molecule has 0 aliphatic heterocycles. The zero-order chi connectivity index (χ0) is 14.0. The van der Waals surface area contributed by atoms with Crippen molar-refractivity contribution < 1.29 is 4.79 Å². The van der Waals surface area contributed by atoms with E-state index in [0.29, 0.717) is 17.0 Å². The van der Waals surface area contributed by atoms with Crippen LogP contribution in [0.15, 0.2) is 40.9 Å². The van der Waals surface area contributed by atoms with Crippen LogP contribution in [-0.4, -0.2) is 5.78 Å². The Kier molecular flexibility index (Phi) is 4.43. The maximum absolute atomic E-state index is 12.3. The minimum absolute atomic E-state index is 0.0672. The number of benzene rings is 2. The van der Waals surface area contributed by atoms with E-state index < -0.39 is 0 Å². The van der Waals surface area contributed by atoms with Crippen LogP contribution in [0.25, 0.3) is 0 Å². The molecule has 0 atom stereocenters. The highest BCUT2D eigenvalue weighted by molar-refractivity contribution is 9.10. The first-order chi connectivity index (χ1) is 8.97. The number of carbonyl (C=O) groups excluding carboxylic acids is 1. The third-order valence-electron chi connectivity index (χ3n) is 3.16. The van der Waals surface area contributed by atoms with Crippen LogP contribution in [0.1, 0.15) is 27.0 Å². The summed E-state index contributed by atoms with van der Waals surface area (Å²) in [5, 5.41) is 0.576. The van der Waals surface area contributed by atoms with E-state index in [1.807, 2.05) is 12.1 Å². The molecule has 0 unspecified atom stereocenters. The summed E-state index contributed by atoms with van der Waals surface area (Å²) in [6, 6.07) is 11.4. The van der Waals surface area contributed by atoms with Gasteiger partial charge < -0.3 is 0 Å². The third kappa shape index (κ3) is 3.46. The fourth-order valence-corrected chi connectivity index (χ4v) is 2.55. The maximum Gasteiger partial charge on any atom is 0.168 e. The van der Waals surface area contributed by atoms with Crippen molar-refractivity contribution >= 4 is 33.3 Å². The van der Waals surface area contributed by atoms with Crippen molar-refractivity contribution in [1.29, 1.82) is 0 Å². The van der Waals surface area contributed by atoms with E-state index in [1.54, 1.807) is 18.2 Å². The van der Waals surface area contributed by atoms with E-state index in [-0.39, 0.29) is 5.78 Å². The highest BCUT2D eigenvalue weighted by Gasteiger charge is 2.12. The standard InChI is InChI=1S/C16H14BrClO/c1-10-3-4-12(7-11(10)2)8-16(19)14-9-13(18)5-6-15(14)17/h3-7,9H,8H2,1-2H3. The number of aryl methyl sites for hydroxylation is 2. The quantitative estimate of drug-likeness (QED) is 0.708. The van der Waals surface area contributed by atoms with Gasteiger partial charge in [-0.3, -0.25) is 4.79 Å². The zero-order valence-electron chi connectivity index (χ0n) is 10.8. The lowest BCUT2D eigenvalue weighted by molar-refractivity contribution is 0.0992. The highest BCUT2D eigenvalue weighted by Crippen LogP contribution is 2.23.